The Bertz CT molecular complexity index is 871. The van der Waals surface area contributed by atoms with E-state index in [9.17, 15) is 9.59 Å². The zero-order chi connectivity index (χ0) is 20.2. The summed E-state index contributed by atoms with van der Waals surface area (Å²) in [6, 6.07) is 10.5. The van der Waals surface area contributed by atoms with Crippen LogP contribution in [-0.4, -0.2) is 48.9 Å². The van der Waals surface area contributed by atoms with Crippen LogP contribution < -0.4 is 15.1 Å². The number of rotatable bonds is 5. The van der Waals surface area contributed by atoms with E-state index in [-0.39, 0.29) is 11.9 Å². The molecule has 29 heavy (non-hydrogen) atoms. The number of carbonyl (C=O) groups is 2. The summed E-state index contributed by atoms with van der Waals surface area (Å²) in [5.41, 5.74) is 4.41. The fourth-order valence-electron chi connectivity index (χ4n) is 4.13. The van der Waals surface area contributed by atoms with Gasteiger partial charge in [0.15, 0.2) is 0 Å². The van der Waals surface area contributed by atoms with E-state index in [0.717, 1.165) is 55.1 Å². The minimum Gasteiger partial charge on any atom is -0.371 e. The molecule has 2 aliphatic heterocycles. The highest BCUT2D eigenvalue weighted by atomic mass is 16.1. The van der Waals surface area contributed by atoms with Gasteiger partial charge >= 0.3 is 0 Å². The maximum atomic E-state index is 12.5. The number of nitrogens with one attached hydrogen (secondary N) is 1. The van der Waals surface area contributed by atoms with Gasteiger partial charge in [-0.25, -0.2) is 0 Å². The quantitative estimate of drug-likeness (QED) is 0.847. The van der Waals surface area contributed by atoms with Gasteiger partial charge < -0.3 is 15.1 Å². The number of aryl methyl sites for hydroxylation is 1. The number of piperidine rings is 1. The number of aromatic nitrogens is 1. The topological polar surface area (TPSA) is 65.5 Å². The maximum Gasteiger partial charge on any atom is 0.224 e. The standard InChI is InChI=1S/C23H28N4O2/c1-17-12-21(15-24-14-17)27-9-6-19(16-27)25-23(29)13-18-2-4-20(5-3-18)26-10-7-22(28)8-11-26/h2-5,12,14-15,19H,6-11,13,16H2,1H3,(H,25,29)/t19-/m1/s1. The number of anilines is 2. The molecule has 3 heterocycles. The molecule has 1 aromatic heterocycles. The number of hydrogen-bond acceptors (Lipinski definition) is 5. The SMILES string of the molecule is Cc1cncc(N2CC[C@@H](NC(=O)Cc3ccc(N4CCC(=O)CC4)cc3)C2)c1. The molecule has 2 aliphatic rings. The Balaban J connectivity index is 1.27. The summed E-state index contributed by atoms with van der Waals surface area (Å²) in [5.74, 6) is 0.411. The lowest BCUT2D eigenvalue weighted by molar-refractivity contribution is -0.121. The number of carbonyl (C=O) groups excluding carboxylic acids is 2. The molecule has 2 fully saturated rings. The van der Waals surface area contributed by atoms with E-state index in [2.05, 4.69) is 38.3 Å². The number of benzene rings is 1. The fourth-order valence-corrected chi connectivity index (χ4v) is 4.13. The molecule has 6 nitrogen and oxygen atoms in total. The van der Waals surface area contributed by atoms with E-state index >= 15 is 0 Å². The zero-order valence-electron chi connectivity index (χ0n) is 16.9. The van der Waals surface area contributed by atoms with Crippen molar-refractivity contribution in [3.63, 3.8) is 0 Å². The summed E-state index contributed by atoms with van der Waals surface area (Å²) < 4.78 is 0. The molecule has 0 saturated carbocycles. The Hall–Kier alpha value is -2.89. The summed E-state index contributed by atoms with van der Waals surface area (Å²) in [6.07, 6.45) is 6.34. The second-order valence-electron chi connectivity index (χ2n) is 8.09. The molecular weight excluding hydrogens is 364 g/mol. The molecule has 1 atom stereocenters. The van der Waals surface area contributed by atoms with Gasteiger partial charge in [0, 0.05) is 56.9 Å². The van der Waals surface area contributed by atoms with Crippen LogP contribution in [-0.2, 0) is 16.0 Å². The number of hydrogen-bond donors (Lipinski definition) is 1. The van der Waals surface area contributed by atoms with Crippen LogP contribution in [0, 0.1) is 6.92 Å². The first kappa shape index (κ1) is 19.4. The van der Waals surface area contributed by atoms with E-state index in [1.165, 1.54) is 0 Å². The van der Waals surface area contributed by atoms with Crippen molar-refractivity contribution in [3.8, 4) is 0 Å². The van der Waals surface area contributed by atoms with Gasteiger partial charge in [0.2, 0.25) is 5.91 Å². The predicted molar refractivity (Wildman–Crippen MR) is 114 cm³/mol. The average Bonchev–Trinajstić information content (AvgIpc) is 3.18. The van der Waals surface area contributed by atoms with Gasteiger partial charge in [0.05, 0.1) is 18.3 Å². The molecule has 1 aromatic carbocycles. The molecule has 4 rings (SSSR count). The number of nitrogens with zero attached hydrogens (tertiary/aromatic N) is 3. The van der Waals surface area contributed by atoms with Gasteiger partial charge in [-0.15, -0.1) is 0 Å². The molecule has 0 aliphatic carbocycles. The molecule has 1 amide bonds. The molecule has 0 radical (unpaired) electrons. The van der Waals surface area contributed by atoms with Gasteiger partial charge in [-0.1, -0.05) is 12.1 Å². The van der Waals surface area contributed by atoms with E-state index < -0.39 is 0 Å². The van der Waals surface area contributed by atoms with Gasteiger partial charge in [0.1, 0.15) is 5.78 Å². The number of Topliss-reactive ketones (excluding diaryl/α,β-unsaturated/α-hetero) is 1. The minimum absolute atomic E-state index is 0.0653. The van der Waals surface area contributed by atoms with E-state index in [4.69, 9.17) is 0 Å². The van der Waals surface area contributed by atoms with Gasteiger partial charge in [0.25, 0.3) is 0 Å². The van der Waals surface area contributed by atoms with Gasteiger partial charge in [-0.3, -0.25) is 14.6 Å². The summed E-state index contributed by atoms with van der Waals surface area (Å²) in [4.78, 5) is 32.7. The van der Waals surface area contributed by atoms with Crippen molar-refractivity contribution < 1.29 is 9.59 Å². The first-order valence-corrected chi connectivity index (χ1v) is 10.4. The number of pyridine rings is 1. The summed E-state index contributed by atoms with van der Waals surface area (Å²) in [6.45, 7) is 5.37. The molecule has 0 bridgehead atoms. The van der Waals surface area contributed by atoms with Crippen molar-refractivity contribution in [3.05, 3.63) is 53.9 Å². The highest BCUT2D eigenvalue weighted by Gasteiger charge is 2.24. The normalized spacial score (nSPS) is 19.5. The summed E-state index contributed by atoms with van der Waals surface area (Å²) in [7, 11) is 0. The predicted octanol–water partition coefficient (Wildman–Crippen LogP) is 2.50. The molecule has 1 N–H and O–H groups in total. The lowest BCUT2D eigenvalue weighted by Gasteiger charge is -2.28. The summed E-state index contributed by atoms with van der Waals surface area (Å²) in [5, 5.41) is 3.18. The Labute approximate surface area is 171 Å². The number of amides is 1. The van der Waals surface area contributed by atoms with Crippen LogP contribution in [0.2, 0.25) is 0 Å². The maximum absolute atomic E-state index is 12.5. The van der Waals surface area contributed by atoms with E-state index in [1.54, 1.807) is 0 Å². The highest BCUT2D eigenvalue weighted by molar-refractivity contribution is 5.81. The monoisotopic (exact) mass is 392 g/mol. The first-order chi connectivity index (χ1) is 14.1. The second-order valence-corrected chi connectivity index (χ2v) is 8.09. The van der Waals surface area contributed by atoms with Gasteiger partial charge in [-0.2, -0.15) is 0 Å². The lowest BCUT2D eigenvalue weighted by Crippen LogP contribution is -2.38. The Morgan fingerprint density at radius 3 is 2.55 bits per heavy atom. The van der Waals surface area contributed by atoms with Crippen LogP contribution in [0.3, 0.4) is 0 Å². The first-order valence-electron chi connectivity index (χ1n) is 10.4. The van der Waals surface area contributed by atoms with Crippen molar-refractivity contribution in [1.29, 1.82) is 0 Å². The van der Waals surface area contributed by atoms with Crippen LogP contribution in [0.25, 0.3) is 0 Å². The fraction of sp³-hybridized carbons (Fsp3) is 0.435. The van der Waals surface area contributed by atoms with Crippen molar-refractivity contribution in [2.45, 2.75) is 38.6 Å². The highest BCUT2D eigenvalue weighted by Crippen LogP contribution is 2.21. The Morgan fingerprint density at radius 1 is 1.07 bits per heavy atom. The minimum atomic E-state index is 0.0653. The van der Waals surface area contributed by atoms with Crippen molar-refractivity contribution in [2.24, 2.45) is 0 Å². The Kier molecular flexibility index (Phi) is 5.79. The Morgan fingerprint density at radius 2 is 1.83 bits per heavy atom. The lowest BCUT2D eigenvalue weighted by atomic mass is 10.1. The van der Waals surface area contributed by atoms with Crippen molar-refractivity contribution in [1.82, 2.24) is 10.3 Å². The molecule has 0 spiro atoms. The molecule has 2 aromatic rings. The summed E-state index contributed by atoms with van der Waals surface area (Å²) >= 11 is 0. The average molecular weight is 393 g/mol. The van der Waals surface area contributed by atoms with Crippen LogP contribution in [0.5, 0.6) is 0 Å². The molecule has 152 valence electrons. The van der Waals surface area contributed by atoms with Crippen LogP contribution in [0.15, 0.2) is 42.7 Å². The van der Waals surface area contributed by atoms with Crippen LogP contribution in [0.1, 0.15) is 30.4 Å². The van der Waals surface area contributed by atoms with E-state index in [0.29, 0.717) is 25.0 Å². The second kappa shape index (κ2) is 8.64. The molecule has 0 unspecified atom stereocenters. The number of ketones is 1. The van der Waals surface area contributed by atoms with E-state index in [1.807, 2.05) is 31.5 Å². The molecule has 6 heteroatoms. The molecule has 2 saturated heterocycles. The smallest absolute Gasteiger partial charge is 0.224 e. The third-order valence-corrected chi connectivity index (χ3v) is 5.77. The third kappa shape index (κ3) is 4.94. The third-order valence-electron chi connectivity index (χ3n) is 5.77. The van der Waals surface area contributed by atoms with Crippen molar-refractivity contribution >= 4 is 23.1 Å². The van der Waals surface area contributed by atoms with Crippen LogP contribution >= 0.6 is 0 Å². The molecular formula is C23H28N4O2. The zero-order valence-corrected chi connectivity index (χ0v) is 16.9. The largest absolute Gasteiger partial charge is 0.371 e. The van der Waals surface area contributed by atoms with Crippen molar-refractivity contribution in [2.75, 3.05) is 36.0 Å². The van der Waals surface area contributed by atoms with Crippen LogP contribution in [0.4, 0.5) is 11.4 Å². The van der Waals surface area contributed by atoms with Gasteiger partial charge in [-0.05, 0) is 42.7 Å².